The van der Waals surface area contributed by atoms with Gasteiger partial charge in [-0.25, -0.2) is 0 Å². The maximum Gasteiger partial charge on any atom is 0.0350 e. The molecule has 0 saturated carbocycles. The molecule has 0 bridgehead atoms. The number of hydrogen-bond donors (Lipinski definition) is 0. The minimum Gasteiger partial charge on any atom is -0.298 e. The molecule has 3 saturated heterocycles. The molecule has 0 unspecified atom stereocenters. The van der Waals surface area contributed by atoms with Crippen LogP contribution in [0.15, 0.2) is 0 Å². The molecule has 3 aliphatic heterocycles. The van der Waals surface area contributed by atoms with Gasteiger partial charge in [0, 0.05) is 76.5 Å². The van der Waals surface area contributed by atoms with Gasteiger partial charge in [0.25, 0.3) is 0 Å². The Bertz CT molecular complexity index is 335. The smallest absolute Gasteiger partial charge is 0.0350 e. The Balaban J connectivity index is 1.38. The first-order valence-electron chi connectivity index (χ1n) is 9.51. The minimum absolute atomic E-state index is 0.714. The van der Waals surface area contributed by atoms with Crippen molar-refractivity contribution in [1.82, 2.24) is 19.6 Å². The van der Waals surface area contributed by atoms with Crippen molar-refractivity contribution >= 4 is 0 Å². The summed E-state index contributed by atoms with van der Waals surface area (Å²) >= 11 is 0. The topological polar surface area (TPSA) is 13.0 Å². The van der Waals surface area contributed by atoms with Gasteiger partial charge in [0.15, 0.2) is 0 Å². The van der Waals surface area contributed by atoms with Gasteiger partial charge >= 0.3 is 0 Å². The van der Waals surface area contributed by atoms with Crippen LogP contribution in [0.5, 0.6) is 0 Å². The summed E-state index contributed by atoms with van der Waals surface area (Å²) < 4.78 is 0. The van der Waals surface area contributed by atoms with E-state index in [1.54, 1.807) is 0 Å². The molecule has 0 radical (unpaired) electrons. The number of piperidine rings is 1. The van der Waals surface area contributed by atoms with Crippen LogP contribution >= 0.6 is 0 Å². The predicted octanol–water partition coefficient (Wildman–Crippen LogP) is 1.57. The second-order valence-electron chi connectivity index (χ2n) is 8.13. The van der Waals surface area contributed by atoms with Gasteiger partial charge in [-0.2, -0.15) is 0 Å². The molecule has 128 valence electrons. The standard InChI is InChI=1S/C18H36N4/c1-15(2)19-9-11-21(12-10-19)17-5-7-20(8-6-17)18-13-22(14-18)16(3)4/h15-18H,5-14H2,1-4H3. The predicted molar refractivity (Wildman–Crippen MR) is 93.4 cm³/mol. The lowest BCUT2D eigenvalue weighted by atomic mass is 9.97. The second kappa shape index (κ2) is 7.16. The second-order valence-corrected chi connectivity index (χ2v) is 8.13. The molecule has 4 nitrogen and oxygen atoms in total. The van der Waals surface area contributed by atoms with Crippen LogP contribution in [0.3, 0.4) is 0 Å². The molecule has 0 aliphatic carbocycles. The van der Waals surface area contributed by atoms with Crippen LogP contribution in [0, 0.1) is 0 Å². The molecule has 0 amide bonds. The lowest BCUT2D eigenvalue weighted by Gasteiger charge is -2.50. The van der Waals surface area contributed by atoms with E-state index in [4.69, 9.17) is 0 Å². The molecule has 3 fully saturated rings. The molecule has 4 heteroatoms. The Kier molecular flexibility index (Phi) is 5.43. The molecule has 3 rings (SSSR count). The van der Waals surface area contributed by atoms with Crippen LogP contribution in [0.1, 0.15) is 40.5 Å². The van der Waals surface area contributed by atoms with Gasteiger partial charge in [-0.05, 0) is 40.5 Å². The lowest BCUT2D eigenvalue weighted by molar-refractivity contribution is -0.0159. The van der Waals surface area contributed by atoms with E-state index in [2.05, 4.69) is 47.3 Å². The van der Waals surface area contributed by atoms with Gasteiger partial charge in [0.2, 0.25) is 0 Å². The highest BCUT2D eigenvalue weighted by atomic mass is 15.3. The van der Waals surface area contributed by atoms with E-state index in [9.17, 15) is 0 Å². The number of nitrogens with zero attached hydrogens (tertiary/aromatic N) is 4. The summed E-state index contributed by atoms with van der Waals surface area (Å²) in [6, 6.07) is 3.14. The Morgan fingerprint density at radius 2 is 1.09 bits per heavy atom. The maximum atomic E-state index is 2.78. The zero-order valence-corrected chi connectivity index (χ0v) is 15.2. The SMILES string of the molecule is CC(C)N1CCN(C2CCN(C3CN(C(C)C)C3)CC2)CC1. The van der Waals surface area contributed by atoms with Crippen molar-refractivity contribution < 1.29 is 0 Å². The highest BCUT2D eigenvalue weighted by Crippen LogP contribution is 2.24. The Hall–Kier alpha value is -0.160. The minimum atomic E-state index is 0.714. The number of hydrogen-bond acceptors (Lipinski definition) is 4. The molecule has 0 aromatic heterocycles. The largest absolute Gasteiger partial charge is 0.298 e. The summed E-state index contributed by atoms with van der Waals surface area (Å²) in [7, 11) is 0. The average Bonchev–Trinajstić information content (AvgIpc) is 2.46. The normalized spacial score (nSPS) is 28.6. The summed E-state index contributed by atoms with van der Waals surface area (Å²) in [6.45, 7) is 19.6. The Labute approximate surface area is 137 Å². The molecule has 22 heavy (non-hydrogen) atoms. The van der Waals surface area contributed by atoms with Gasteiger partial charge in [0.05, 0.1) is 0 Å². The molecule has 0 aromatic rings. The van der Waals surface area contributed by atoms with Gasteiger partial charge in [-0.3, -0.25) is 19.6 Å². The lowest BCUT2D eigenvalue weighted by Crippen LogP contribution is -2.63. The van der Waals surface area contributed by atoms with Crippen LogP contribution in [0.4, 0.5) is 0 Å². The van der Waals surface area contributed by atoms with E-state index >= 15 is 0 Å². The fraction of sp³-hybridized carbons (Fsp3) is 1.00. The highest BCUT2D eigenvalue weighted by molar-refractivity contribution is 4.93. The van der Waals surface area contributed by atoms with E-state index in [1.807, 2.05) is 0 Å². The van der Waals surface area contributed by atoms with Crippen LogP contribution in [0.2, 0.25) is 0 Å². The quantitative estimate of drug-likeness (QED) is 0.781. The van der Waals surface area contributed by atoms with Crippen molar-refractivity contribution in [2.75, 3.05) is 52.4 Å². The first-order chi connectivity index (χ1) is 10.5. The fourth-order valence-electron chi connectivity index (χ4n) is 4.38. The molecular formula is C18H36N4. The van der Waals surface area contributed by atoms with Crippen molar-refractivity contribution in [3.05, 3.63) is 0 Å². The number of piperazine rings is 1. The maximum absolute atomic E-state index is 2.78. The summed E-state index contributed by atoms with van der Waals surface area (Å²) in [5, 5.41) is 0. The molecule has 0 N–H and O–H groups in total. The molecule has 0 atom stereocenters. The number of rotatable bonds is 4. The highest BCUT2D eigenvalue weighted by Gasteiger charge is 2.36. The van der Waals surface area contributed by atoms with Crippen molar-refractivity contribution in [3.8, 4) is 0 Å². The van der Waals surface area contributed by atoms with E-state index < -0.39 is 0 Å². The zero-order chi connectivity index (χ0) is 15.7. The van der Waals surface area contributed by atoms with E-state index in [-0.39, 0.29) is 0 Å². The molecule has 0 aromatic carbocycles. The van der Waals surface area contributed by atoms with Crippen LogP contribution in [-0.2, 0) is 0 Å². The van der Waals surface area contributed by atoms with E-state index in [0.29, 0.717) is 6.04 Å². The van der Waals surface area contributed by atoms with Crippen molar-refractivity contribution in [2.24, 2.45) is 0 Å². The van der Waals surface area contributed by atoms with Gasteiger partial charge in [0.1, 0.15) is 0 Å². The molecular weight excluding hydrogens is 272 g/mol. The third kappa shape index (κ3) is 3.66. The van der Waals surface area contributed by atoms with E-state index in [0.717, 1.165) is 18.1 Å². The third-order valence-electron chi connectivity index (χ3n) is 6.23. The summed E-state index contributed by atoms with van der Waals surface area (Å²) in [5.74, 6) is 0. The van der Waals surface area contributed by atoms with Gasteiger partial charge < -0.3 is 0 Å². The summed E-state index contributed by atoms with van der Waals surface area (Å²) in [4.78, 5) is 10.8. The first kappa shape index (κ1) is 16.7. The van der Waals surface area contributed by atoms with Gasteiger partial charge in [-0.1, -0.05) is 0 Å². The van der Waals surface area contributed by atoms with Crippen molar-refractivity contribution in [1.29, 1.82) is 0 Å². The van der Waals surface area contributed by atoms with Crippen molar-refractivity contribution in [2.45, 2.75) is 64.7 Å². The Morgan fingerprint density at radius 3 is 1.59 bits per heavy atom. The number of likely N-dealkylation sites (tertiary alicyclic amines) is 2. The monoisotopic (exact) mass is 308 g/mol. The van der Waals surface area contributed by atoms with E-state index in [1.165, 1.54) is 65.2 Å². The summed E-state index contributed by atoms with van der Waals surface area (Å²) in [6.07, 6.45) is 2.78. The first-order valence-corrected chi connectivity index (χ1v) is 9.51. The summed E-state index contributed by atoms with van der Waals surface area (Å²) in [5.41, 5.74) is 0. The zero-order valence-electron chi connectivity index (χ0n) is 15.2. The molecule has 0 spiro atoms. The molecule has 3 heterocycles. The van der Waals surface area contributed by atoms with Crippen LogP contribution < -0.4 is 0 Å². The fourth-order valence-corrected chi connectivity index (χ4v) is 4.38. The average molecular weight is 309 g/mol. The van der Waals surface area contributed by atoms with Crippen molar-refractivity contribution in [3.63, 3.8) is 0 Å². The van der Waals surface area contributed by atoms with Crippen LogP contribution in [-0.4, -0.2) is 96.1 Å². The Morgan fingerprint density at radius 1 is 0.591 bits per heavy atom. The van der Waals surface area contributed by atoms with Gasteiger partial charge in [-0.15, -0.1) is 0 Å². The third-order valence-corrected chi connectivity index (χ3v) is 6.23. The van der Waals surface area contributed by atoms with Crippen LogP contribution in [0.25, 0.3) is 0 Å². The molecule has 3 aliphatic rings.